The highest BCUT2D eigenvalue weighted by molar-refractivity contribution is 5.82. The van der Waals surface area contributed by atoms with Crippen molar-refractivity contribution in [3.8, 4) is 33.6 Å². The minimum atomic E-state index is 0.840. The molecule has 1 fully saturated rings. The number of benzene rings is 2. The Morgan fingerprint density at radius 1 is 0.647 bits per heavy atom. The molecule has 1 aliphatic rings. The van der Waals surface area contributed by atoms with Crippen LogP contribution in [0, 0.1) is 0 Å². The van der Waals surface area contributed by atoms with Crippen LogP contribution >= 0.6 is 0 Å². The SMILES string of the molecule is CN1CCN(c2ccc3nc(-c4ccc(-c5ccccc5)cc4)c(-c4ccncc4)n3n2)CC1. The second kappa shape index (κ2) is 8.72. The van der Waals surface area contributed by atoms with Gasteiger partial charge in [-0.05, 0) is 42.4 Å². The summed E-state index contributed by atoms with van der Waals surface area (Å²) in [5, 5.41) is 5.05. The molecule has 2 aromatic carbocycles. The fourth-order valence-corrected chi connectivity index (χ4v) is 4.55. The number of pyridine rings is 1. The van der Waals surface area contributed by atoms with E-state index in [1.807, 2.05) is 35.1 Å². The van der Waals surface area contributed by atoms with E-state index >= 15 is 0 Å². The molecule has 4 heterocycles. The van der Waals surface area contributed by atoms with Crippen molar-refractivity contribution in [1.29, 1.82) is 0 Å². The third-order valence-electron chi connectivity index (χ3n) is 6.51. The van der Waals surface area contributed by atoms with E-state index in [1.165, 1.54) is 11.1 Å². The average molecular weight is 447 g/mol. The first kappa shape index (κ1) is 20.6. The number of aromatic nitrogens is 4. The van der Waals surface area contributed by atoms with Crippen molar-refractivity contribution in [2.75, 3.05) is 38.1 Å². The fourth-order valence-electron chi connectivity index (χ4n) is 4.55. The van der Waals surface area contributed by atoms with E-state index in [9.17, 15) is 0 Å². The first-order chi connectivity index (χ1) is 16.8. The smallest absolute Gasteiger partial charge is 0.155 e. The second-order valence-corrected chi connectivity index (χ2v) is 8.74. The van der Waals surface area contributed by atoms with Gasteiger partial charge in [-0.15, -0.1) is 5.10 Å². The standard InChI is InChI=1S/C28H26N6/c1-32-17-19-33(20-18-32)26-12-11-25-30-27(28(34(25)31-26)24-13-15-29-16-14-24)23-9-7-22(8-10-23)21-5-3-2-4-6-21/h2-16H,17-20H2,1H3. The normalized spacial score (nSPS) is 14.6. The average Bonchev–Trinajstić information content (AvgIpc) is 3.29. The van der Waals surface area contributed by atoms with Crippen LogP contribution in [0.5, 0.6) is 0 Å². The van der Waals surface area contributed by atoms with Crippen LogP contribution in [0.25, 0.3) is 39.3 Å². The van der Waals surface area contributed by atoms with E-state index in [0.717, 1.165) is 60.2 Å². The lowest BCUT2D eigenvalue weighted by Crippen LogP contribution is -2.44. The Kier molecular flexibility index (Phi) is 5.28. The van der Waals surface area contributed by atoms with Crippen LogP contribution < -0.4 is 4.90 Å². The summed E-state index contributed by atoms with van der Waals surface area (Å²) < 4.78 is 1.99. The molecule has 0 unspecified atom stereocenters. The maximum absolute atomic E-state index is 5.05. The highest BCUT2D eigenvalue weighted by Gasteiger charge is 2.20. The highest BCUT2D eigenvalue weighted by atomic mass is 15.4. The van der Waals surface area contributed by atoms with Gasteiger partial charge in [0.15, 0.2) is 5.65 Å². The maximum atomic E-state index is 5.05. The second-order valence-electron chi connectivity index (χ2n) is 8.74. The lowest BCUT2D eigenvalue weighted by molar-refractivity contribution is 0.311. The van der Waals surface area contributed by atoms with Crippen molar-refractivity contribution in [1.82, 2.24) is 24.5 Å². The number of hydrogen-bond acceptors (Lipinski definition) is 5. The van der Waals surface area contributed by atoms with Crippen LogP contribution in [-0.4, -0.2) is 57.7 Å². The maximum Gasteiger partial charge on any atom is 0.155 e. The number of anilines is 1. The lowest BCUT2D eigenvalue weighted by Gasteiger charge is -2.33. The minimum absolute atomic E-state index is 0.840. The first-order valence-corrected chi connectivity index (χ1v) is 11.7. The predicted molar refractivity (Wildman–Crippen MR) is 137 cm³/mol. The van der Waals surface area contributed by atoms with Gasteiger partial charge in [0.2, 0.25) is 0 Å². The van der Waals surface area contributed by atoms with Crippen molar-refractivity contribution >= 4 is 11.5 Å². The van der Waals surface area contributed by atoms with E-state index in [0.29, 0.717) is 0 Å². The Morgan fingerprint density at radius 3 is 2.06 bits per heavy atom. The molecule has 0 bridgehead atoms. The molecule has 1 aliphatic heterocycles. The van der Waals surface area contributed by atoms with E-state index < -0.39 is 0 Å². The molecule has 0 atom stereocenters. The number of fused-ring (bicyclic) bond motifs is 1. The molecule has 0 radical (unpaired) electrons. The number of rotatable bonds is 4. The molecule has 6 heteroatoms. The molecule has 0 spiro atoms. The molecule has 3 aromatic heterocycles. The summed E-state index contributed by atoms with van der Waals surface area (Å²) in [4.78, 5) is 13.9. The van der Waals surface area contributed by atoms with Gasteiger partial charge in [0.25, 0.3) is 0 Å². The number of imidazole rings is 1. The molecule has 168 valence electrons. The molecule has 0 aliphatic carbocycles. The summed E-state index contributed by atoms with van der Waals surface area (Å²) in [6, 6.07) is 27.3. The van der Waals surface area contributed by atoms with Crippen LogP contribution in [0.2, 0.25) is 0 Å². The molecule has 0 amide bonds. The van der Waals surface area contributed by atoms with Crippen LogP contribution in [0.1, 0.15) is 0 Å². The van der Waals surface area contributed by atoms with Crippen molar-refractivity contribution < 1.29 is 0 Å². The Morgan fingerprint density at radius 2 is 1.32 bits per heavy atom. The van der Waals surface area contributed by atoms with Crippen molar-refractivity contribution in [2.45, 2.75) is 0 Å². The molecule has 6 rings (SSSR count). The Labute approximate surface area is 199 Å². The van der Waals surface area contributed by atoms with Crippen LogP contribution in [0.4, 0.5) is 5.82 Å². The third-order valence-corrected chi connectivity index (χ3v) is 6.51. The summed E-state index contributed by atoms with van der Waals surface area (Å²) in [6.07, 6.45) is 3.64. The van der Waals surface area contributed by atoms with Gasteiger partial charge in [0.1, 0.15) is 11.5 Å². The van der Waals surface area contributed by atoms with E-state index in [4.69, 9.17) is 10.1 Å². The van der Waals surface area contributed by atoms with Crippen molar-refractivity contribution in [3.05, 3.63) is 91.3 Å². The van der Waals surface area contributed by atoms with Crippen LogP contribution in [-0.2, 0) is 0 Å². The van der Waals surface area contributed by atoms with Crippen molar-refractivity contribution in [2.24, 2.45) is 0 Å². The third kappa shape index (κ3) is 3.82. The van der Waals surface area contributed by atoms with Crippen LogP contribution in [0.3, 0.4) is 0 Å². The zero-order valence-electron chi connectivity index (χ0n) is 19.2. The number of hydrogen-bond donors (Lipinski definition) is 0. The van der Waals surface area contributed by atoms with Gasteiger partial charge in [0.05, 0.1) is 5.69 Å². The van der Waals surface area contributed by atoms with E-state index in [2.05, 4.69) is 82.5 Å². The highest BCUT2D eigenvalue weighted by Crippen LogP contribution is 2.34. The first-order valence-electron chi connectivity index (χ1n) is 11.7. The van der Waals surface area contributed by atoms with Gasteiger partial charge in [-0.3, -0.25) is 4.98 Å². The van der Waals surface area contributed by atoms with Gasteiger partial charge < -0.3 is 9.80 Å². The summed E-state index contributed by atoms with van der Waals surface area (Å²) in [5.41, 5.74) is 7.26. The molecule has 1 saturated heterocycles. The van der Waals surface area contributed by atoms with Gasteiger partial charge in [-0.25, -0.2) is 9.50 Å². The van der Waals surface area contributed by atoms with E-state index in [1.54, 1.807) is 0 Å². The molecule has 0 N–H and O–H groups in total. The minimum Gasteiger partial charge on any atom is -0.353 e. The molecular formula is C28H26N6. The molecular weight excluding hydrogens is 420 g/mol. The summed E-state index contributed by atoms with van der Waals surface area (Å²) >= 11 is 0. The molecule has 0 saturated carbocycles. The fraction of sp³-hybridized carbons (Fsp3) is 0.179. The number of piperazine rings is 1. The zero-order chi connectivity index (χ0) is 22.9. The summed E-state index contributed by atoms with van der Waals surface area (Å²) in [5.74, 6) is 0.985. The molecule has 6 nitrogen and oxygen atoms in total. The van der Waals surface area contributed by atoms with Gasteiger partial charge in [-0.1, -0.05) is 54.6 Å². The van der Waals surface area contributed by atoms with Gasteiger partial charge in [-0.2, -0.15) is 0 Å². The zero-order valence-corrected chi connectivity index (χ0v) is 19.2. The monoisotopic (exact) mass is 446 g/mol. The largest absolute Gasteiger partial charge is 0.353 e. The molecule has 5 aromatic rings. The van der Waals surface area contributed by atoms with Crippen LogP contribution in [0.15, 0.2) is 91.3 Å². The number of likely N-dealkylation sites (N-methyl/N-ethyl adjacent to an activating group) is 1. The lowest BCUT2D eigenvalue weighted by atomic mass is 10.0. The van der Waals surface area contributed by atoms with Crippen molar-refractivity contribution in [3.63, 3.8) is 0 Å². The topological polar surface area (TPSA) is 49.6 Å². The summed E-state index contributed by atoms with van der Waals surface area (Å²) in [6.45, 7) is 4.03. The molecule has 34 heavy (non-hydrogen) atoms. The van der Waals surface area contributed by atoms with Gasteiger partial charge >= 0.3 is 0 Å². The summed E-state index contributed by atoms with van der Waals surface area (Å²) in [7, 11) is 2.17. The van der Waals surface area contributed by atoms with E-state index in [-0.39, 0.29) is 0 Å². The Hall–Kier alpha value is -4.03. The Balaban J connectivity index is 1.46. The van der Waals surface area contributed by atoms with Gasteiger partial charge in [0, 0.05) is 49.7 Å². The number of nitrogens with zero attached hydrogens (tertiary/aromatic N) is 6. The predicted octanol–water partition coefficient (Wildman–Crippen LogP) is 4.88. The quantitative estimate of drug-likeness (QED) is 0.394. The Bertz CT molecular complexity index is 1400.